The molecule has 4 heteroatoms. The highest BCUT2D eigenvalue weighted by Crippen LogP contribution is 2.22. The molecule has 4 nitrogen and oxygen atoms in total. The maximum absolute atomic E-state index is 12.2. The van der Waals surface area contributed by atoms with Crippen LogP contribution in [-0.2, 0) is 0 Å². The number of fused-ring (bicyclic) bond motifs is 1. The van der Waals surface area contributed by atoms with Crippen molar-refractivity contribution >= 4 is 22.5 Å². The molecule has 0 bridgehead atoms. The zero-order chi connectivity index (χ0) is 14.7. The molecule has 2 aromatic rings. The van der Waals surface area contributed by atoms with Crippen LogP contribution >= 0.6 is 0 Å². The van der Waals surface area contributed by atoms with Gasteiger partial charge < -0.3 is 15.5 Å². The van der Waals surface area contributed by atoms with Crippen molar-refractivity contribution in [1.29, 1.82) is 0 Å². The van der Waals surface area contributed by atoms with Gasteiger partial charge in [0.05, 0.1) is 25.8 Å². The van der Waals surface area contributed by atoms with E-state index in [1.165, 1.54) is 0 Å². The lowest BCUT2D eigenvalue weighted by Gasteiger charge is -2.27. The van der Waals surface area contributed by atoms with Gasteiger partial charge in [-0.05, 0) is 11.5 Å². The topological polar surface area (TPSA) is 45.6 Å². The Kier molecular flexibility index (Phi) is 4.06. The Labute approximate surface area is 125 Å². The highest BCUT2D eigenvalue weighted by molar-refractivity contribution is 6.01. The Balaban J connectivity index is 1.66. The van der Waals surface area contributed by atoms with Gasteiger partial charge in [-0.15, -0.1) is 0 Å². The fourth-order valence-electron chi connectivity index (χ4n) is 2.93. The average Bonchev–Trinajstić information content (AvgIpc) is 2.50. The van der Waals surface area contributed by atoms with Gasteiger partial charge in [-0.1, -0.05) is 36.4 Å². The molecule has 1 fully saturated rings. The lowest BCUT2D eigenvalue weighted by Crippen LogP contribution is -3.10. The van der Waals surface area contributed by atoms with Crippen molar-refractivity contribution in [2.45, 2.75) is 18.9 Å². The zero-order valence-electron chi connectivity index (χ0n) is 12.4. The van der Waals surface area contributed by atoms with E-state index in [2.05, 4.69) is 29.8 Å². The number of anilines is 1. The first-order chi connectivity index (χ1) is 10.2. The molecule has 0 atom stereocenters. The molecule has 110 valence electrons. The molecule has 0 spiro atoms. The summed E-state index contributed by atoms with van der Waals surface area (Å²) in [5.41, 5.74) is 0.865. The molecule has 1 aliphatic heterocycles. The van der Waals surface area contributed by atoms with Gasteiger partial charge in [0.25, 0.3) is 0 Å². The van der Waals surface area contributed by atoms with E-state index in [0.29, 0.717) is 6.04 Å². The fraction of sp³-hybridized carbons (Fsp3) is 0.353. The van der Waals surface area contributed by atoms with Gasteiger partial charge in [-0.25, -0.2) is 4.79 Å². The lowest BCUT2D eigenvalue weighted by atomic mass is 10.1. The number of benzene rings is 2. The highest BCUT2D eigenvalue weighted by atomic mass is 16.2. The molecule has 3 rings (SSSR count). The van der Waals surface area contributed by atoms with Crippen molar-refractivity contribution in [2.24, 2.45) is 0 Å². The summed E-state index contributed by atoms with van der Waals surface area (Å²) >= 11 is 0. The normalized spacial score (nSPS) is 22.0. The van der Waals surface area contributed by atoms with E-state index in [9.17, 15) is 4.79 Å². The summed E-state index contributed by atoms with van der Waals surface area (Å²) in [4.78, 5) is 13.7. The number of amides is 2. The number of urea groups is 1. The SMILES string of the molecule is C[NH+]1CCC(NC(=O)Nc2cccc3ccccc23)CC1. The number of nitrogens with one attached hydrogen (secondary N) is 3. The molecule has 2 aromatic carbocycles. The van der Waals surface area contributed by atoms with Crippen LogP contribution < -0.4 is 15.5 Å². The summed E-state index contributed by atoms with van der Waals surface area (Å²) in [6.07, 6.45) is 2.10. The van der Waals surface area contributed by atoms with Crippen LogP contribution in [0.5, 0.6) is 0 Å². The van der Waals surface area contributed by atoms with Crippen LogP contribution in [0.1, 0.15) is 12.8 Å². The number of rotatable bonds is 2. The lowest BCUT2D eigenvalue weighted by molar-refractivity contribution is -0.884. The predicted molar refractivity (Wildman–Crippen MR) is 85.7 cm³/mol. The average molecular weight is 284 g/mol. The molecule has 0 aromatic heterocycles. The summed E-state index contributed by atoms with van der Waals surface area (Å²) in [5, 5.41) is 8.29. The quantitative estimate of drug-likeness (QED) is 0.771. The van der Waals surface area contributed by atoms with Gasteiger partial charge in [0.1, 0.15) is 0 Å². The number of carbonyl (C=O) groups excluding carboxylic acids is 1. The highest BCUT2D eigenvalue weighted by Gasteiger charge is 2.20. The number of hydrogen-bond acceptors (Lipinski definition) is 1. The number of carbonyl (C=O) groups is 1. The monoisotopic (exact) mass is 284 g/mol. The van der Waals surface area contributed by atoms with Crippen LogP contribution in [-0.4, -0.2) is 32.2 Å². The molecular weight excluding hydrogens is 262 g/mol. The number of quaternary nitrogens is 1. The third-order valence-electron chi connectivity index (χ3n) is 4.21. The van der Waals surface area contributed by atoms with Crippen molar-refractivity contribution in [2.75, 3.05) is 25.5 Å². The summed E-state index contributed by atoms with van der Waals surface area (Å²) in [7, 11) is 2.20. The van der Waals surface area contributed by atoms with Crippen molar-refractivity contribution in [3.63, 3.8) is 0 Å². The molecule has 3 N–H and O–H groups in total. The molecule has 1 saturated heterocycles. The van der Waals surface area contributed by atoms with E-state index in [4.69, 9.17) is 0 Å². The maximum atomic E-state index is 12.2. The molecule has 0 aliphatic carbocycles. The van der Waals surface area contributed by atoms with Gasteiger partial charge in [-0.3, -0.25) is 0 Å². The summed E-state index contributed by atoms with van der Waals surface area (Å²) < 4.78 is 0. The number of piperidine rings is 1. The third-order valence-corrected chi connectivity index (χ3v) is 4.21. The molecule has 1 heterocycles. The first kappa shape index (κ1) is 13.9. The molecule has 0 radical (unpaired) electrons. The smallest absolute Gasteiger partial charge is 0.319 e. The third kappa shape index (κ3) is 3.34. The summed E-state index contributed by atoms with van der Waals surface area (Å²) in [6.45, 7) is 2.25. The Morgan fingerprint density at radius 2 is 1.81 bits per heavy atom. The Morgan fingerprint density at radius 3 is 2.62 bits per heavy atom. The van der Waals surface area contributed by atoms with Gasteiger partial charge in [-0.2, -0.15) is 0 Å². The Hall–Kier alpha value is -2.07. The Morgan fingerprint density at radius 1 is 1.10 bits per heavy atom. The van der Waals surface area contributed by atoms with Crippen LogP contribution in [0.15, 0.2) is 42.5 Å². The minimum absolute atomic E-state index is 0.101. The second-order valence-electron chi connectivity index (χ2n) is 5.86. The predicted octanol–water partition coefficient (Wildman–Crippen LogP) is 1.64. The minimum atomic E-state index is -0.101. The van der Waals surface area contributed by atoms with Crippen LogP contribution in [0.2, 0.25) is 0 Å². The van der Waals surface area contributed by atoms with Gasteiger partial charge >= 0.3 is 6.03 Å². The molecule has 0 unspecified atom stereocenters. The second-order valence-corrected chi connectivity index (χ2v) is 5.86. The first-order valence-electron chi connectivity index (χ1n) is 7.59. The Bertz CT molecular complexity index is 627. The number of hydrogen-bond donors (Lipinski definition) is 3. The van der Waals surface area contributed by atoms with Crippen molar-refractivity contribution in [1.82, 2.24) is 5.32 Å². The first-order valence-corrected chi connectivity index (χ1v) is 7.59. The molecule has 2 amide bonds. The van der Waals surface area contributed by atoms with E-state index in [0.717, 1.165) is 42.4 Å². The van der Waals surface area contributed by atoms with Crippen LogP contribution in [0.3, 0.4) is 0 Å². The van der Waals surface area contributed by atoms with Gasteiger partial charge in [0.2, 0.25) is 0 Å². The van der Waals surface area contributed by atoms with Crippen LogP contribution in [0, 0.1) is 0 Å². The van der Waals surface area contributed by atoms with Crippen molar-refractivity contribution in [3.05, 3.63) is 42.5 Å². The van der Waals surface area contributed by atoms with E-state index in [1.54, 1.807) is 4.90 Å². The molecule has 1 aliphatic rings. The molecular formula is C17H22N3O+. The molecule has 0 saturated carbocycles. The van der Waals surface area contributed by atoms with E-state index in [-0.39, 0.29) is 6.03 Å². The van der Waals surface area contributed by atoms with E-state index < -0.39 is 0 Å². The van der Waals surface area contributed by atoms with Crippen molar-refractivity contribution in [3.8, 4) is 0 Å². The van der Waals surface area contributed by atoms with Gasteiger partial charge in [0.15, 0.2) is 0 Å². The van der Waals surface area contributed by atoms with E-state index in [1.807, 2.05) is 30.3 Å². The summed E-state index contributed by atoms with van der Waals surface area (Å²) in [6, 6.07) is 14.2. The largest absolute Gasteiger partial charge is 0.337 e. The van der Waals surface area contributed by atoms with Crippen LogP contribution in [0.4, 0.5) is 10.5 Å². The zero-order valence-corrected chi connectivity index (χ0v) is 12.4. The van der Waals surface area contributed by atoms with Gasteiger partial charge in [0, 0.05) is 24.3 Å². The van der Waals surface area contributed by atoms with Crippen LogP contribution in [0.25, 0.3) is 10.8 Å². The molecule has 21 heavy (non-hydrogen) atoms. The summed E-state index contributed by atoms with van der Waals surface area (Å²) in [5.74, 6) is 0. The fourth-order valence-corrected chi connectivity index (χ4v) is 2.93. The second kappa shape index (κ2) is 6.14. The van der Waals surface area contributed by atoms with E-state index >= 15 is 0 Å². The standard InChI is InChI=1S/C17H21N3O/c1-20-11-9-14(10-12-20)18-17(21)19-16-8-4-6-13-5-2-3-7-15(13)16/h2-8,14H,9-12H2,1H3,(H2,18,19,21)/p+1. The number of likely N-dealkylation sites (tertiary alicyclic amines) is 1. The maximum Gasteiger partial charge on any atom is 0.319 e. The minimum Gasteiger partial charge on any atom is -0.337 e. The van der Waals surface area contributed by atoms with Crippen molar-refractivity contribution < 1.29 is 9.69 Å².